The van der Waals surface area contributed by atoms with Crippen molar-refractivity contribution in [2.45, 2.75) is 25.7 Å². The Labute approximate surface area is 130 Å². The van der Waals surface area contributed by atoms with Crippen LogP contribution >= 0.6 is 0 Å². The summed E-state index contributed by atoms with van der Waals surface area (Å²) < 4.78 is 0. The van der Waals surface area contributed by atoms with E-state index in [1.54, 1.807) is 0 Å². The molecule has 0 aliphatic rings. The highest BCUT2D eigenvalue weighted by Gasteiger charge is 2.20. The highest BCUT2D eigenvalue weighted by molar-refractivity contribution is 5.80. The molecule has 0 atom stereocenters. The number of carboxylic acids is 2. The quantitative estimate of drug-likeness (QED) is 0.881. The molecule has 0 heterocycles. The van der Waals surface area contributed by atoms with Gasteiger partial charge in [-0.05, 0) is 17.5 Å². The highest BCUT2D eigenvalue weighted by atomic mass is 16.4. The van der Waals surface area contributed by atoms with Gasteiger partial charge in [0.15, 0.2) is 0 Å². The summed E-state index contributed by atoms with van der Waals surface area (Å²) in [4.78, 5) is 20.9. The summed E-state index contributed by atoms with van der Waals surface area (Å²) in [5, 5.41) is 17.2. The van der Waals surface area contributed by atoms with Crippen molar-refractivity contribution in [3.63, 3.8) is 0 Å². The van der Waals surface area contributed by atoms with Gasteiger partial charge < -0.3 is 10.2 Å². The highest BCUT2D eigenvalue weighted by Crippen LogP contribution is 2.24. The Balaban J connectivity index is 0.000000346. The van der Waals surface area contributed by atoms with Gasteiger partial charge in [-0.2, -0.15) is 0 Å². The zero-order valence-electron chi connectivity index (χ0n) is 12.5. The first kappa shape index (κ1) is 17.4. The largest absolute Gasteiger partial charge is 0.481 e. The molecular weight excluding hydrogens is 280 g/mol. The van der Waals surface area contributed by atoms with Gasteiger partial charge in [0.2, 0.25) is 0 Å². The molecule has 0 spiro atoms. The van der Waals surface area contributed by atoms with Gasteiger partial charge in [-0.25, -0.2) is 0 Å². The van der Waals surface area contributed by atoms with Crippen molar-refractivity contribution < 1.29 is 19.8 Å². The first-order valence-electron chi connectivity index (χ1n) is 7.10. The summed E-state index contributed by atoms with van der Waals surface area (Å²) in [6, 6.07) is 18.5. The minimum atomic E-state index is -0.822. The average molecular weight is 300 g/mol. The Hall–Kier alpha value is -2.62. The number of carboxylic acid groups (broad SMARTS) is 2. The first-order chi connectivity index (χ1) is 10.6. The molecule has 4 nitrogen and oxygen atoms in total. The van der Waals surface area contributed by atoms with Crippen molar-refractivity contribution in [3.8, 4) is 0 Å². The molecular formula is C18H20O4. The second-order valence-electron chi connectivity index (χ2n) is 4.74. The topological polar surface area (TPSA) is 74.6 Å². The lowest BCUT2D eigenvalue weighted by atomic mass is 9.92. The molecule has 0 fully saturated rings. The lowest BCUT2D eigenvalue weighted by molar-refractivity contribution is -0.138. The van der Waals surface area contributed by atoms with Gasteiger partial charge in [0.25, 0.3) is 0 Å². The van der Waals surface area contributed by atoms with E-state index in [9.17, 15) is 14.7 Å². The Morgan fingerprint density at radius 1 is 0.864 bits per heavy atom. The number of hydrogen-bond donors (Lipinski definition) is 2. The molecule has 0 saturated carbocycles. The molecule has 2 N–H and O–H groups in total. The molecule has 0 aliphatic heterocycles. The predicted octanol–water partition coefficient (Wildman–Crippen LogP) is 3.77. The molecule has 0 aromatic heterocycles. The number of aliphatic carboxylic acids is 2. The molecule has 2 aromatic rings. The second kappa shape index (κ2) is 9.34. The van der Waals surface area contributed by atoms with E-state index in [0.29, 0.717) is 6.42 Å². The van der Waals surface area contributed by atoms with Crippen molar-refractivity contribution in [2.75, 3.05) is 0 Å². The maximum atomic E-state index is 11.3. The van der Waals surface area contributed by atoms with Crippen molar-refractivity contribution in [3.05, 3.63) is 71.8 Å². The Morgan fingerprint density at radius 2 is 1.27 bits per heavy atom. The third kappa shape index (κ3) is 5.79. The molecule has 4 heteroatoms. The van der Waals surface area contributed by atoms with Crippen molar-refractivity contribution >= 4 is 11.9 Å². The number of rotatable bonds is 5. The summed E-state index contributed by atoms with van der Waals surface area (Å²) in [7, 11) is 0. The molecule has 2 rings (SSSR count). The number of benzene rings is 2. The monoisotopic (exact) mass is 300 g/mol. The van der Waals surface area contributed by atoms with Gasteiger partial charge in [0.05, 0.1) is 0 Å². The molecule has 0 radical (unpaired) electrons. The van der Waals surface area contributed by atoms with Crippen molar-refractivity contribution in [2.24, 2.45) is 0 Å². The van der Waals surface area contributed by atoms with Crippen LogP contribution in [0.25, 0.3) is 0 Å². The van der Waals surface area contributed by atoms with E-state index >= 15 is 0 Å². The Morgan fingerprint density at radius 3 is 1.50 bits per heavy atom. The number of carbonyl (C=O) groups is 2. The Kier molecular flexibility index (Phi) is 7.40. The standard InChI is InChI=1S/C14H12O2.C4H8O2/c15-14(16)13(11-7-3-1-4-8-11)12-9-5-2-6-10-12;1-2-3-4(5)6/h1-10,13H,(H,15,16);2-3H2,1H3,(H,5,6). The van der Waals surface area contributed by atoms with Crippen LogP contribution < -0.4 is 0 Å². The maximum absolute atomic E-state index is 11.3. The van der Waals surface area contributed by atoms with E-state index < -0.39 is 17.9 Å². The smallest absolute Gasteiger partial charge is 0.315 e. The van der Waals surface area contributed by atoms with Crippen LogP contribution in [0.2, 0.25) is 0 Å². The van der Waals surface area contributed by atoms with Crippen LogP contribution in [0.3, 0.4) is 0 Å². The van der Waals surface area contributed by atoms with Gasteiger partial charge in [-0.15, -0.1) is 0 Å². The van der Waals surface area contributed by atoms with Gasteiger partial charge in [0, 0.05) is 6.42 Å². The van der Waals surface area contributed by atoms with E-state index in [4.69, 9.17) is 5.11 Å². The van der Waals surface area contributed by atoms with E-state index in [1.165, 1.54) is 0 Å². The number of hydrogen-bond acceptors (Lipinski definition) is 2. The summed E-state index contributed by atoms with van der Waals surface area (Å²) in [6.45, 7) is 1.84. The fourth-order valence-electron chi connectivity index (χ4n) is 1.98. The minimum absolute atomic E-state index is 0.292. The Bertz CT molecular complexity index is 539. The van der Waals surface area contributed by atoms with Gasteiger partial charge in [-0.1, -0.05) is 67.6 Å². The molecule has 22 heavy (non-hydrogen) atoms. The van der Waals surface area contributed by atoms with Crippen LogP contribution in [-0.2, 0) is 9.59 Å². The third-order valence-corrected chi connectivity index (χ3v) is 2.98. The lowest BCUT2D eigenvalue weighted by Crippen LogP contribution is -2.12. The zero-order valence-corrected chi connectivity index (χ0v) is 12.5. The molecule has 0 unspecified atom stereocenters. The van der Waals surface area contributed by atoms with Crippen LogP contribution in [0.4, 0.5) is 0 Å². The van der Waals surface area contributed by atoms with E-state index in [2.05, 4.69) is 0 Å². The lowest BCUT2D eigenvalue weighted by Gasteiger charge is -2.12. The van der Waals surface area contributed by atoms with Gasteiger partial charge in [0.1, 0.15) is 5.92 Å². The molecule has 2 aromatic carbocycles. The fourth-order valence-corrected chi connectivity index (χ4v) is 1.98. The first-order valence-corrected chi connectivity index (χ1v) is 7.10. The zero-order chi connectivity index (χ0) is 16.4. The van der Waals surface area contributed by atoms with Crippen molar-refractivity contribution in [1.82, 2.24) is 0 Å². The van der Waals surface area contributed by atoms with Gasteiger partial charge in [-0.3, -0.25) is 9.59 Å². The molecule has 0 aliphatic carbocycles. The molecule has 116 valence electrons. The van der Waals surface area contributed by atoms with E-state index in [-0.39, 0.29) is 0 Å². The maximum Gasteiger partial charge on any atom is 0.315 e. The minimum Gasteiger partial charge on any atom is -0.481 e. The van der Waals surface area contributed by atoms with Crippen LogP contribution in [0.1, 0.15) is 36.8 Å². The predicted molar refractivity (Wildman–Crippen MR) is 84.9 cm³/mol. The van der Waals surface area contributed by atoms with Crippen LogP contribution in [0.5, 0.6) is 0 Å². The van der Waals surface area contributed by atoms with Crippen LogP contribution in [0, 0.1) is 0 Å². The molecule has 0 amide bonds. The summed E-state index contributed by atoms with van der Waals surface area (Å²) in [6.07, 6.45) is 1.02. The van der Waals surface area contributed by atoms with E-state index in [1.807, 2.05) is 67.6 Å². The molecule has 0 bridgehead atoms. The normalized spacial score (nSPS) is 9.73. The summed E-state index contributed by atoms with van der Waals surface area (Å²) in [5.74, 6) is -2.11. The average Bonchev–Trinajstić information content (AvgIpc) is 2.50. The van der Waals surface area contributed by atoms with Crippen molar-refractivity contribution in [1.29, 1.82) is 0 Å². The third-order valence-electron chi connectivity index (χ3n) is 2.98. The summed E-state index contributed by atoms with van der Waals surface area (Å²) in [5.41, 5.74) is 1.61. The second-order valence-corrected chi connectivity index (χ2v) is 4.74. The van der Waals surface area contributed by atoms with E-state index in [0.717, 1.165) is 17.5 Å². The summed E-state index contributed by atoms with van der Waals surface area (Å²) >= 11 is 0. The SMILES string of the molecule is CCCC(=O)O.O=C(O)C(c1ccccc1)c1ccccc1. The van der Waals surface area contributed by atoms with Gasteiger partial charge >= 0.3 is 11.9 Å². The fraction of sp³-hybridized carbons (Fsp3) is 0.222. The van der Waals surface area contributed by atoms with Crippen LogP contribution in [-0.4, -0.2) is 22.2 Å². The molecule has 0 saturated heterocycles. The van der Waals surface area contributed by atoms with Crippen LogP contribution in [0.15, 0.2) is 60.7 Å².